The Hall–Kier alpha value is -2.24. The number of nitrogens with zero attached hydrogens (tertiary/aromatic N) is 4. The summed E-state index contributed by atoms with van der Waals surface area (Å²) in [6.45, 7) is 14.3. The van der Waals surface area contributed by atoms with Crippen LogP contribution in [0.4, 0.5) is 0 Å². The molecule has 0 saturated carbocycles. The monoisotopic (exact) mass is 632 g/mol. The van der Waals surface area contributed by atoms with E-state index in [9.17, 15) is 24.3 Å². The van der Waals surface area contributed by atoms with E-state index in [4.69, 9.17) is 18.9 Å². The molecule has 15 nitrogen and oxygen atoms in total. The van der Waals surface area contributed by atoms with Gasteiger partial charge in [0.05, 0.1) is 72.4 Å². The second-order valence-electron chi connectivity index (χ2n) is 10.4. The van der Waals surface area contributed by atoms with Crippen LogP contribution in [0.25, 0.3) is 0 Å². The van der Waals surface area contributed by atoms with Crippen LogP contribution in [0.5, 0.6) is 0 Å². The van der Waals surface area contributed by atoms with E-state index < -0.39 is 5.97 Å². The number of hydrogen-bond donors (Lipinski definition) is 3. The Morgan fingerprint density at radius 1 is 0.636 bits per heavy atom. The van der Waals surface area contributed by atoms with Gasteiger partial charge in [-0.1, -0.05) is 13.8 Å². The van der Waals surface area contributed by atoms with E-state index in [1.54, 1.807) is 0 Å². The summed E-state index contributed by atoms with van der Waals surface area (Å²) in [6.07, 6.45) is 1.87. The molecule has 0 aromatic rings. The van der Waals surface area contributed by atoms with Gasteiger partial charge >= 0.3 is 5.97 Å². The van der Waals surface area contributed by atoms with Crippen molar-refractivity contribution in [1.82, 2.24) is 30.2 Å². The van der Waals surface area contributed by atoms with E-state index in [1.165, 1.54) is 0 Å². The lowest BCUT2D eigenvalue weighted by atomic mass is 10.3. The fraction of sp³-hybridized carbons (Fsp3) is 0.862. The van der Waals surface area contributed by atoms with Gasteiger partial charge in [0.2, 0.25) is 11.8 Å². The molecule has 1 heterocycles. The second kappa shape index (κ2) is 27.1. The van der Waals surface area contributed by atoms with Gasteiger partial charge in [-0.3, -0.25) is 29.1 Å². The summed E-state index contributed by atoms with van der Waals surface area (Å²) in [5.74, 6) is -1.50. The summed E-state index contributed by atoms with van der Waals surface area (Å²) in [6, 6.07) is 0. The van der Waals surface area contributed by atoms with Crippen molar-refractivity contribution in [2.24, 2.45) is 0 Å². The third kappa shape index (κ3) is 22.3. The van der Waals surface area contributed by atoms with Crippen molar-refractivity contribution in [2.45, 2.75) is 20.3 Å². The molecule has 0 spiro atoms. The zero-order chi connectivity index (χ0) is 32.3. The quantitative estimate of drug-likeness (QED) is 0.0857. The Morgan fingerprint density at radius 2 is 1.11 bits per heavy atom. The molecule has 15 heteroatoms. The minimum atomic E-state index is -0.921. The van der Waals surface area contributed by atoms with Crippen molar-refractivity contribution in [2.75, 3.05) is 144 Å². The van der Waals surface area contributed by atoms with Gasteiger partial charge < -0.3 is 44.4 Å². The predicted molar refractivity (Wildman–Crippen MR) is 165 cm³/mol. The standard InChI is InChI=1S/C29H56N6O9/c1-3-16-41-18-20-43-22-23-44-21-19-42-17-5-30-27(37)24-31-28(38)25-34-10-7-32(4-2)6-8-33(14-15-36)9-11-35(13-12-34)26-29(39)40/h15H,3-14,16-26H2,1-2H3,(H,30,37)(H,31,38)(H,39,40). The molecule has 0 radical (unpaired) electrons. The summed E-state index contributed by atoms with van der Waals surface area (Å²) >= 11 is 0. The Labute approximate surface area is 262 Å². The fourth-order valence-corrected chi connectivity index (χ4v) is 4.36. The number of carbonyl (C=O) groups excluding carboxylic acids is 3. The number of nitrogens with one attached hydrogen (secondary N) is 2. The molecular weight excluding hydrogens is 576 g/mol. The summed E-state index contributed by atoms with van der Waals surface area (Å²) in [4.78, 5) is 55.5. The van der Waals surface area contributed by atoms with E-state index in [-0.39, 0.29) is 31.4 Å². The van der Waals surface area contributed by atoms with Crippen molar-refractivity contribution in [3.63, 3.8) is 0 Å². The minimum Gasteiger partial charge on any atom is -0.480 e. The molecule has 3 N–H and O–H groups in total. The molecule has 1 aliphatic heterocycles. The first-order valence-corrected chi connectivity index (χ1v) is 15.8. The molecule has 0 unspecified atom stereocenters. The van der Waals surface area contributed by atoms with Crippen LogP contribution in [0.15, 0.2) is 0 Å². The number of likely N-dealkylation sites (N-methyl/N-ethyl adjacent to an activating group) is 1. The van der Waals surface area contributed by atoms with Crippen molar-refractivity contribution >= 4 is 24.1 Å². The highest BCUT2D eigenvalue weighted by Gasteiger charge is 2.19. The first-order valence-electron chi connectivity index (χ1n) is 15.8. The Kier molecular flexibility index (Phi) is 24.5. The molecule has 1 fully saturated rings. The number of hydrogen-bond acceptors (Lipinski definition) is 12. The molecule has 44 heavy (non-hydrogen) atoms. The van der Waals surface area contributed by atoms with Gasteiger partial charge in [0.25, 0.3) is 0 Å². The van der Waals surface area contributed by atoms with Crippen molar-refractivity contribution in [1.29, 1.82) is 0 Å². The van der Waals surface area contributed by atoms with E-state index in [1.807, 2.05) is 14.7 Å². The van der Waals surface area contributed by atoms with E-state index in [2.05, 4.69) is 29.4 Å². The van der Waals surface area contributed by atoms with Crippen molar-refractivity contribution in [3.05, 3.63) is 0 Å². The third-order valence-corrected chi connectivity index (χ3v) is 6.92. The molecule has 0 bridgehead atoms. The van der Waals surface area contributed by atoms with Crippen LogP contribution in [0.2, 0.25) is 0 Å². The lowest BCUT2D eigenvalue weighted by Crippen LogP contribution is -2.49. The van der Waals surface area contributed by atoms with Crippen LogP contribution in [0.1, 0.15) is 20.3 Å². The van der Waals surface area contributed by atoms with Crippen LogP contribution in [-0.4, -0.2) is 193 Å². The Morgan fingerprint density at radius 3 is 1.61 bits per heavy atom. The highest BCUT2D eigenvalue weighted by molar-refractivity contribution is 5.85. The van der Waals surface area contributed by atoms with Crippen LogP contribution in [-0.2, 0) is 38.1 Å². The first-order chi connectivity index (χ1) is 21.4. The SMILES string of the molecule is CCCOCCOCCOCCOCCNC(=O)CNC(=O)CN1CCN(CC)CCN(CC=O)CCN(CC(=O)O)CC1. The number of carboxylic acid groups (broad SMARTS) is 1. The molecule has 0 aliphatic carbocycles. The van der Waals surface area contributed by atoms with Gasteiger partial charge in [-0.2, -0.15) is 0 Å². The largest absolute Gasteiger partial charge is 0.480 e. The average molecular weight is 633 g/mol. The molecule has 0 atom stereocenters. The van der Waals surface area contributed by atoms with Gasteiger partial charge in [0.15, 0.2) is 0 Å². The van der Waals surface area contributed by atoms with E-state index in [0.717, 1.165) is 38.9 Å². The molecule has 2 amide bonds. The predicted octanol–water partition coefficient (Wildman–Crippen LogP) is -1.78. The zero-order valence-electron chi connectivity index (χ0n) is 26.8. The van der Waals surface area contributed by atoms with Crippen LogP contribution in [0.3, 0.4) is 0 Å². The number of amides is 2. The fourth-order valence-electron chi connectivity index (χ4n) is 4.36. The van der Waals surface area contributed by atoms with E-state index in [0.29, 0.717) is 98.6 Å². The number of rotatable bonds is 23. The molecule has 1 aliphatic rings. The Bertz CT molecular complexity index is 780. The molecule has 1 saturated heterocycles. The second-order valence-corrected chi connectivity index (χ2v) is 10.4. The molecular formula is C29H56N6O9. The molecule has 0 aromatic carbocycles. The minimum absolute atomic E-state index is 0.101. The smallest absolute Gasteiger partial charge is 0.317 e. The van der Waals surface area contributed by atoms with Crippen molar-refractivity contribution < 1.29 is 43.2 Å². The normalized spacial score (nSPS) is 16.6. The van der Waals surface area contributed by atoms with Gasteiger partial charge in [0.1, 0.15) is 6.29 Å². The van der Waals surface area contributed by atoms with Crippen LogP contribution >= 0.6 is 0 Å². The summed E-state index contributed by atoms with van der Waals surface area (Å²) in [5.41, 5.74) is 0. The first kappa shape index (κ1) is 39.8. The summed E-state index contributed by atoms with van der Waals surface area (Å²) < 4.78 is 21.6. The van der Waals surface area contributed by atoms with Gasteiger partial charge in [-0.25, -0.2) is 0 Å². The number of ether oxygens (including phenoxy) is 4. The van der Waals surface area contributed by atoms with Gasteiger partial charge in [-0.15, -0.1) is 0 Å². The zero-order valence-corrected chi connectivity index (χ0v) is 26.8. The third-order valence-electron chi connectivity index (χ3n) is 6.92. The molecule has 0 aromatic heterocycles. The average Bonchev–Trinajstić information content (AvgIpc) is 3.00. The lowest BCUT2D eigenvalue weighted by Gasteiger charge is -2.32. The Balaban J connectivity index is 2.30. The highest BCUT2D eigenvalue weighted by atomic mass is 16.6. The van der Waals surface area contributed by atoms with Crippen LogP contribution in [0, 0.1) is 0 Å². The van der Waals surface area contributed by atoms with Crippen molar-refractivity contribution in [3.8, 4) is 0 Å². The number of aldehydes is 1. The number of carboxylic acids is 1. The molecule has 1 rings (SSSR count). The summed E-state index contributed by atoms with van der Waals surface area (Å²) in [5, 5.41) is 14.7. The summed E-state index contributed by atoms with van der Waals surface area (Å²) in [7, 11) is 0. The molecule has 256 valence electrons. The lowest BCUT2D eigenvalue weighted by molar-refractivity contribution is -0.138. The van der Waals surface area contributed by atoms with Gasteiger partial charge in [-0.05, 0) is 13.0 Å². The highest BCUT2D eigenvalue weighted by Crippen LogP contribution is 2.01. The van der Waals surface area contributed by atoms with Crippen LogP contribution < -0.4 is 10.6 Å². The van der Waals surface area contributed by atoms with Gasteiger partial charge in [0, 0.05) is 65.5 Å². The number of carbonyl (C=O) groups is 4. The maximum absolute atomic E-state index is 12.7. The number of aliphatic carboxylic acids is 1. The van der Waals surface area contributed by atoms with E-state index >= 15 is 0 Å². The maximum Gasteiger partial charge on any atom is 0.317 e. The topological polar surface area (TPSA) is 162 Å². The maximum atomic E-state index is 12.7.